The third-order valence-corrected chi connectivity index (χ3v) is 13.2. The Bertz CT molecular complexity index is 3100. The highest BCUT2D eigenvalue weighted by molar-refractivity contribution is 7.99. The Morgan fingerprint density at radius 1 is 0.414 bits per heavy atom. The second-order valence-corrected chi connectivity index (χ2v) is 16.1. The molecular formula is C54H35N3S. The Balaban J connectivity index is 1.22. The fraction of sp³-hybridized carbons (Fsp3) is 0.0185. The van der Waals surface area contributed by atoms with Crippen molar-refractivity contribution in [3.63, 3.8) is 0 Å². The first-order valence-electron chi connectivity index (χ1n) is 19.8. The molecule has 1 spiro atoms. The van der Waals surface area contributed by atoms with E-state index >= 15 is 0 Å². The monoisotopic (exact) mass is 757 g/mol. The molecule has 0 saturated carbocycles. The molecule has 0 amide bonds. The number of hydrogen-bond donors (Lipinski definition) is 0. The molecule has 0 bridgehead atoms. The summed E-state index contributed by atoms with van der Waals surface area (Å²) in [6.07, 6.45) is 0. The van der Waals surface area contributed by atoms with E-state index in [0.717, 1.165) is 33.9 Å². The molecule has 2 aromatic heterocycles. The summed E-state index contributed by atoms with van der Waals surface area (Å²) in [6, 6.07) is 77.3. The van der Waals surface area contributed by atoms with E-state index in [-0.39, 0.29) is 0 Å². The van der Waals surface area contributed by atoms with Crippen molar-refractivity contribution >= 4 is 50.6 Å². The number of para-hydroxylation sites is 4. The van der Waals surface area contributed by atoms with E-state index in [4.69, 9.17) is 4.98 Å². The van der Waals surface area contributed by atoms with Crippen LogP contribution in [0.3, 0.4) is 0 Å². The summed E-state index contributed by atoms with van der Waals surface area (Å²) in [5, 5.41) is 2.46. The van der Waals surface area contributed by atoms with Crippen LogP contribution >= 0.6 is 11.8 Å². The molecule has 58 heavy (non-hydrogen) atoms. The van der Waals surface area contributed by atoms with Crippen molar-refractivity contribution in [3.05, 3.63) is 235 Å². The highest BCUT2D eigenvalue weighted by Gasteiger charge is 2.51. The molecule has 4 heteroatoms. The van der Waals surface area contributed by atoms with Crippen molar-refractivity contribution in [1.82, 2.24) is 9.55 Å². The van der Waals surface area contributed by atoms with Crippen LogP contribution in [-0.2, 0) is 5.41 Å². The number of rotatable bonds is 4. The number of aromatic nitrogens is 2. The van der Waals surface area contributed by atoms with Crippen molar-refractivity contribution in [3.8, 4) is 28.2 Å². The van der Waals surface area contributed by atoms with E-state index < -0.39 is 5.41 Å². The zero-order valence-corrected chi connectivity index (χ0v) is 32.3. The summed E-state index contributed by atoms with van der Waals surface area (Å²) >= 11 is 1.90. The lowest BCUT2D eigenvalue weighted by molar-refractivity contribution is 0.694. The van der Waals surface area contributed by atoms with E-state index in [9.17, 15) is 0 Å². The number of fused-ring (bicyclic) bond motifs is 12. The highest BCUT2D eigenvalue weighted by Crippen LogP contribution is 2.64. The Morgan fingerprint density at radius 3 is 1.60 bits per heavy atom. The van der Waals surface area contributed by atoms with E-state index in [2.05, 4.69) is 222 Å². The van der Waals surface area contributed by atoms with Gasteiger partial charge < -0.3 is 9.47 Å². The van der Waals surface area contributed by atoms with Crippen molar-refractivity contribution < 1.29 is 0 Å². The zero-order valence-electron chi connectivity index (χ0n) is 31.5. The standard InChI is InChI=1S/C54H35N3S/c1-4-18-36(19-5-1)46-34-39(35-47(55-46)37-20-6-2-7-21-37)57-48-28-14-10-24-40(48)41-32-33-45-53(52(41)57)58-51-31-17-13-27-44(51)54(45)42-25-11-15-29-49(42)56(38-22-8-3-9-23-38)50-30-16-12-26-43(50)54/h1-35H. The fourth-order valence-electron chi connectivity index (χ4n) is 9.66. The summed E-state index contributed by atoms with van der Waals surface area (Å²) in [7, 11) is 0. The van der Waals surface area contributed by atoms with Crippen LogP contribution in [0.1, 0.15) is 22.3 Å². The first-order chi connectivity index (χ1) is 28.8. The second kappa shape index (κ2) is 13.0. The summed E-state index contributed by atoms with van der Waals surface area (Å²) in [5.41, 5.74) is 15.6. The third kappa shape index (κ3) is 4.73. The van der Waals surface area contributed by atoms with Gasteiger partial charge in [-0.1, -0.05) is 176 Å². The lowest BCUT2D eigenvalue weighted by Crippen LogP contribution is -2.39. The van der Waals surface area contributed by atoms with Gasteiger partial charge in [0.25, 0.3) is 0 Å². The quantitative estimate of drug-likeness (QED) is 0.178. The van der Waals surface area contributed by atoms with Crippen LogP contribution in [0, 0.1) is 0 Å². The summed E-state index contributed by atoms with van der Waals surface area (Å²) in [5.74, 6) is 0. The largest absolute Gasteiger partial charge is 0.310 e. The highest BCUT2D eigenvalue weighted by atomic mass is 32.2. The van der Waals surface area contributed by atoms with E-state index in [1.807, 2.05) is 11.8 Å². The average Bonchev–Trinajstić information content (AvgIpc) is 3.65. The maximum absolute atomic E-state index is 5.29. The molecule has 8 aromatic carbocycles. The van der Waals surface area contributed by atoms with Gasteiger partial charge in [0.15, 0.2) is 0 Å². The lowest BCUT2D eigenvalue weighted by atomic mass is 9.62. The molecule has 0 N–H and O–H groups in total. The van der Waals surface area contributed by atoms with Gasteiger partial charge >= 0.3 is 0 Å². The molecule has 12 rings (SSSR count). The fourth-order valence-corrected chi connectivity index (χ4v) is 11.0. The van der Waals surface area contributed by atoms with Gasteiger partial charge in [-0.05, 0) is 70.8 Å². The number of pyridine rings is 1. The Morgan fingerprint density at radius 2 is 0.948 bits per heavy atom. The minimum absolute atomic E-state index is 0.590. The number of anilines is 3. The van der Waals surface area contributed by atoms with Crippen molar-refractivity contribution in [1.29, 1.82) is 0 Å². The van der Waals surface area contributed by atoms with Crippen molar-refractivity contribution in [2.75, 3.05) is 4.90 Å². The van der Waals surface area contributed by atoms with Crippen LogP contribution in [0.25, 0.3) is 50.0 Å². The molecule has 3 nitrogen and oxygen atoms in total. The first kappa shape index (κ1) is 33.0. The van der Waals surface area contributed by atoms with Gasteiger partial charge in [0, 0.05) is 37.4 Å². The predicted molar refractivity (Wildman–Crippen MR) is 240 cm³/mol. The van der Waals surface area contributed by atoms with E-state index in [1.54, 1.807) is 0 Å². The summed E-state index contributed by atoms with van der Waals surface area (Å²) in [4.78, 5) is 10.3. The topological polar surface area (TPSA) is 21.1 Å². The lowest BCUT2D eigenvalue weighted by Gasteiger charge is -2.49. The predicted octanol–water partition coefficient (Wildman–Crippen LogP) is 14.1. The van der Waals surface area contributed by atoms with Gasteiger partial charge in [0.1, 0.15) is 0 Å². The minimum Gasteiger partial charge on any atom is -0.310 e. The van der Waals surface area contributed by atoms with E-state index in [0.29, 0.717) is 0 Å². The van der Waals surface area contributed by atoms with Gasteiger partial charge in [0.2, 0.25) is 0 Å². The molecule has 0 fully saturated rings. The second-order valence-electron chi connectivity index (χ2n) is 15.1. The van der Waals surface area contributed by atoms with Gasteiger partial charge in [-0.15, -0.1) is 0 Å². The normalized spacial score (nSPS) is 13.6. The van der Waals surface area contributed by atoms with Crippen LogP contribution in [0.15, 0.2) is 222 Å². The van der Waals surface area contributed by atoms with Gasteiger partial charge in [0.05, 0.1) is 44.9 Å². The molecule has 0 unspecified atom stereocenters. The van der Waals surface area contributed by atoms with Crippen LogP contribution in [0.5, 0.6) is 0 Å². The molecule has 10 aromatic rings. The molecule has 0 radical (unpaired) electrons. The van der Waals surface area contributed by atoms with Crippen LogP contribution < -0.4 is 4.90 Å². The summed E-state index contributed by atoms with van der Waals surface area (Å²) < 4.78 is 2.51. The van der Waals surface area contributed by atoms with Gasteiger partial charge in [-0.2, -0.15) is 0 Å². The minimum atomic E-state index is -0.590. The molecule has 0 saturated heterocycles. The maximum atomic E-state index is 5.29. The molecule has 4 heterocycles. The van der Waals surface area contributed by atoms with Crippen LogP contribution in [0.4, 0.5) is 17.1 Å². The zero-order chi connectivity index (χ0) is 38.2. The Labute approximate surface area is 341 Å². The SMILES string of the molecule is c1ccc(-c2cc(-n3c4ccccc4c4ccc5c(c43)Sc3ccccc3C53c4ccccc4N(c4ccccc4)c4ccccc43)cc(-c3ccccc3)n2)cc1. The van der Waals surface area contributed by atoms with Crippen molar-refractivity contribution in [2.24, 2.45) is 0 Å². The van der Waals surface area contributed by atoms with Gasteiger partial charge in [-0.25, -0.2) is 4.98 Å². The van der Waals surface area contributed by atoms with Crippen LogP contribution in [-0.4, -0.2) is 9.55 Å². The van der Waals surface area contributed by atoms with Gasteiger partial charge in [-0.3, -0.25) is 0 Å². The van der Waals surface area contributed by atoms with E-state index in [1.165, 1.54) is 65.2 Å². The Hall–Kier alpha value is -7.14. The maximum Gasteiger partial charge on any atom is 0.0764 e. The molecule has 0 aliphatic carbocycles. The molecule has 2 aliphatic heterocycles. The smallest absolute Gasteiger partial charge is 0.0764 e. The summed E-state index contributed by atoms with van der Waals surface area (Å²) in [6.45, 7) is 0. The number of benzene rings is 8. The van der Waals surface area contributed by atoms with Crippen molar-refractivity contribution in [2.45, 2.75) is 15.2 Å². The number of hydrogen-bond acceptors (Lipinski definition) is 3. The third-order valence-electron chi connectivity index (χ3n) is 12.0. The molecule has 0 atom stereocenters. The molecular weight excluding hydrogens is 723 g/mol. The van der Waals surface area contributed by atoms with Crippen LogP contribution in [0.2, 0.25) is 0 Å². The number of nitrogens with zero attached hydrogens (tertiary/aromatic N) is 3. The molecule has 2 aliphatic rings. The Kier molecular flexibility index (Phi) is 7.38. The average molecular weight is 758 g/mol. The first-order valence-corrected chi connectivity index (χ1v) is 20.6. The molecule has 272 valence electrons.